The van der Waals surface area contributed by atoms with Crippen molar-refractivity contribution < 1.29 is 4.79 Å². The predicted octanol–water partition coefficient (Wildman–Crippen LogP) is 5.66. The Morgan fingerprint density at radius 3 is 1.91 bits per heavy atom. The van der Waals surface area contributed by atoms with Crippen LogP contribution in [0.25, 0.3) is 0 Å². The minimum absolute atomic E-state index is 0.204. The molecule has 0 unspecified atom stereocenters. The molecule has 0 aliphatic rings. The van der Waals surface area contributed by atoms with Gasteiger partial charge in [0.05, 0.1) is 5.75 Å². The molecule has 0 aliphatic carbocycles. The molecule has 0 aromatic heterocycles. The van der Waals surface area contributed by atoms with E-state index in [-0.39, 0.29) is 5.91 Å². The van der Waals surface area contributed by atoms with E-state index in [1.54, 1.807) is 11.8 Å². The van der Waals surface area contributed by atoms with Crippen molar-refractivity contribution in [3.05, 3.63) is 0 Å². The summed E-state index contributed by atoms with van der Waals surface area (Å²) in [6.07, 6.45) is 12.0. The van der Waals surface area contributed by atoms with Gasteiger partial charge in [-0.15, -0.1) is 0 Å². The van der Waals surface area contributed by atoms with Crippen molar-refractivity contribution in [3.63, 3.8) is 0 Å². The maximum absolute atomic E-state index is 11.6. The van der Waals surface area contributed by atoms with E-state index in [1.807, 2.05) is 0 Å². The van der Waals surface area contributed by atoms with Crippen molar-refractivity contribution in [2.45, 2.75) is 85.5 Å². The molecule has 0 aliphatic heterocycles. The standard InChI is InChI=1S/C19H39NOS/c1-17(2)13-11-9-7-5-6-8-10-12-14-20-19(21)16-22-15-18(3)4/h17-18H,5-16H2,1-4H3,(H,20,21). The maximum Gasteiger partial charge on any atom is 0.229 e. The van der Waals surface area contributed by atoms with Crippen molar-refractivity contribution in [1.29, 1.82) is 0 Å². The number of amides is 1. The van der Waals surface area contributed by atoms with Crippen LogP contribution in [0.15, 0.2) is 0 Å². The van der Waals surface area contributed by atoms with Crippen LogP contribution in [0.4, 0.5) is 0 Å². The van der Waals surface area contributed by atoms with Gasteiger partial charge in [-0.2, -0.15) is 11.8 Å². The van der Waals surface area contributed by atoms with Crippen LogP contribution in [-0.4, -0.2) is 24.0 Å². The highest BCUT2D eigenvalue weighted by Crippen LogP contribution is 2.12. The molecule has 0 fully saturated rings. The molecular weight excluding hydrogens is 290 g/mol. The van der Waals surface area contributed by atoms with Crippen LogP contribution in [0, 0.1) is 11.8 Å². The molecule has 3 heteroatoms. The van der Waals surface area contributed by atoms with Crippen LogP contribution >= 0.6 is 11.8 Å². The number of carbonyl (C=O) groups excluding carboxylic acids is 1. The second-order valence-electron chi connectivity index (χ2n) is 7.27. The summed E-state index contributed by atoms with van der Waals surface area (Å²) in [5.41, 5.74) is 0. The van der Waals surface area contributed by atoms with Crippen LogP contribution in [0.5, 0.6) is 0 Å². The summed E-state index contributed by atoms with van der Waals surface area (Å²) in [5.74, 6) is 3.43. The Morgan fingerprint density at radius 2 is 1.36 bits per heavy atom. The van der Waals surface area contributed by atoms with Crippen LogP contribution in [0.3, 0.4) is 0 Å². The molecular formula is C19H39NOS. The molecule has 22 heavy (non-hydrogen) atoms. The number of hydrogen-bond donors (Lipinski definition) is 1. The minimum Gasteiger partial charge on any atom is -0.355 e. The van der Waals surface area contributed by atoms with Gasteiger partial charge in [0.2, 0.25) is 5.91 Å². The number of nitrogens with one attached hydrogen (secondary N) is 1. The SMILES string of the molecule is CC(C)CCCCCCCCCCNC(=O)CSCC(C)C. The molecule has 0 rings (SSSR count). The number of rotatable bonds is 15. The third-order valence-corrected chi connectivity index (χ3v) is 5.08. The van der Waals surface area contributed by atoms with E-state index in [0.717, 1.165) is 24.6 Å². The van der Waals surface area contributed by atoms with Gasteiger partial charge < -0.3 is 5.32 Å². The van der Waals surface area contributed by atoms with Gasteiger partial charge in [0, 0.05) is 6.54 Å². The Bertz CT molecular complexity index is 254. The lowest BCUT2D eigenvalue weighted by Crippen LogP contribution is -2.26. The van der Waals surface area contributed by atoms with Gasteiger partial charge in [0.25, 0.3) is 0 Å². The summed E-state index contributed by atoms with van der Waals surface area (Å²) in [4.78, 5) is 11.6. The average molecular weight is 330 g/mol. The van der Waals surface area contributed by atoms with E-state index in [2.05, 4.69) is 33.0 Å². The highest BCUT2D eigenvalue weighted by atomic mass is 32.2. The molecule has 0 spiro atoms. The van der Waals surface area contributed by atoms with E-state index in [9.17, 15) is 4.79 Å². The Labute approximate surface area is 143 Å². The number of thioether (sulfide) groups is 1. The molecule has 0 saturated heterocycles. The lowest BCUT2D eigenvalue weighted by atomic mass is 10.0. The van der Waals surface area contributed by atoms with Crippen molar-refractivity contribution in [2.24, 2.45) is 11.8 Å². The summed E-state index contributed by atoms with van der Waals surface area (Å²) in [5, 5.41) is 3.03. The van der Waals surface area contributed by atoms with Crippen molar-refractivity contribution in [2.75, 3.05) is 18.1 Å². The normalized spacial score (nSPS) is 11.4. The summed E-state index contributed by atoms with van der Waals surface area (Å²) in [6, 6.07) is 0. The zero-order valence-corrected chi connectivity index (χ0v) is 16.3. The first-order valence-electron chi connectivity index (χ1n) is 9.36. The second kappa shape index (κ2) is 15.7. The fourth-order valence-corrected chi connectivity index (χ4v) is 3.28. The number of unbranched alkanes of at least 4 members (excludes halogenated alkanes) is 7. The van der Waals surface area contributed by atoms with E-state index < -0.39 is 0 Å². The van der Waals surface area contributed by atoms with Gasteiger partial charge in [-0.1, -0.05) is 79.1 Å². The van der Waals surface area contributed by atoms with E-state index in [1.165, 1.54) is 51.4 Å². The summed E-state index contributed by atoms with van der Waals surface area (Å²) in [7, 11) is 0. The number of carbonyl (C=O) groups is 1. The van der Waals surface area contributed by atoms with Gasteiger partial charge >= 0.3 is 0 Å². The zero-order valence-electron chi connectivity index (χ0n) is 15.5. The molecule has 2 nitrogen and oxygen atoms in total. The zero-order chi connectivity index (χ0) is 16.6. The van der Waals surface area contributed by atoms with Crippen LogP contribution in [0.1, 0.15) is 85.5 Å². The fraction of sp³-hybridized carbons (Fsp3) is 0.947. The Morgan fingerprint density at radius 1 is 0.818 bits per heavy atom. The molecule has 0 saturated carbocycles. The van der Waals surface area contributed by atoms with Crippen molar-refractivity contribution >= 4 is 17.7 Å². The summed E-state index contributed by atoms with van der Waals surface area (Å²) >= 11 is 1.74. The smallest absolute Gasteiger partial charge is 0.229 e. The minimum atomic E-state index is 0.204. The molecule has 132 valence electrons. The maximum atomic E-state index is 11.6. The highest BCUT2D eigenvalue weighted by Gasteiger charge is 2.02. The first-order chi connectivity index (χ1) is 10.5. The monoisotopic (exact) mass is 329 g/mol. The van der Waals surface area contributed by atoms with E-state index in [4.69, 9.17) is 0 Å². The summed E-state index contributed by atoms with van der Waals surface area (Å²) < 4.78 is 0. The molecule has 0 bridgehead atoms. The van der Waals surface area contributed by atoms with Crippen molar-refractivity contribution in [3.8, 4) is 0 Å². The largest absolute Gasteiger partial charge is 0.355 e. The highest BCUT2D eigenvalue weighted by molar-refractivity contribution is 7.99. The van der Waals surface area contributed by atoms with Gasteiger partial charge in [-0.05, 0) is 24.0 Å². The van der Waals surface area contributed by atoms with Crippen LogP contribution in [0.2, 0.25) is 0 Å². The second-order valence-corrected chi connectivity index (χ2v) is 8.30. The van der Waals surface area contributed by atoms with Gasteiger partial charge in [0.1, 0.15) is 0 Å². The number of hydrogen-bond acceptors (Lipinski definition) is 2. The Kier molecular flexibility index (Phi) is 15.6. The van der Waals surface area contributed by atoms with Gasteiger partial charge in [-0.3, -0.25) is 4.79 Å². The lowest BCUT2D eigenvalue weighted by molar-refractivity contribution is -0.118. The molecule has 0 aromatic carbocycles. The van der Waals surface area contributed by atoms with Gasteiger partial charge in [0.15, 0.2) is 0 Å². The Hall–Kier alpha value is -0.180. The molecule has 1 N–H and O–H groups in total. The first-order valence-corrected chi connectivity index (χ1v) is 10.5. The van der Waals surface area contributed by atoms with E-state index in [0.29, 0.717) is 11.7 Å². The van der Waals surface area contributed by atoms with Gasteiger partial charge in [-0.25, -0.2) is 0 Å². The topological polar surface area (TPSA) is 29.1 Å². The fourth-order valence-electron chi connectivity index (χ4n) is 2.40. The molecule has 1 amide bonds. The lowest BCUT2D eigenvalue weighted by Gasteiger charge is -2.07. The third-order valence-electron chi connectivity index (χ3n) is 3.71. The third kappa shape index (κ3) is 17.9. The summed E-state index contributed by atoms with van der Waals surface area (Å²) in [6.45, 7) is 9.85. The average Bonchev–Trinajstić information content (AvgIpc) is 2.44. The Balaban J connectivity index is 3.15. The van der Waals surface area contributed by atoms with Crippen LogP contribution in [-0.2, 0) is 4.79 Å². The molecule has 0 heterocycles. The first kappa shape index (κ1) is 21.8. The molecule has 0 aromatic rings. The quantitative estimate of drug-likeness (QED) is 0.393. The molecule has 0 radical (unpaired) electrons. The predicted molar refractivity (Wildman–Crippen MR) is 102 cm³/mol. The molecule has 0 atom stereocenters. The van der Waals surface area contributed by atoms with E-state index >= 15 is 0 Å². The van der Waals surface area contributed by atoms with Crippen LogP contribution < -0.4 is 5.32 Å². The van der Waals surface area contributed by atoms with Crippen molar-refractivity contribution in [1.82, 2.24) is 5.32 Å².